The number of carbonyl (C=O) groups excluding carboxylic acids is 2. The van der Waals surface area contributed by atoms with Crippen LogP contribution in [-0.2, 0) is 11.8 Å². The molecule has 0 bridgehead atoms. The number of pyridine rings is 1. The van der Waals surface area contributed by atoms with Gasteiger partial charge in [-0.1, -0.05) is 54.9 Å². The zero-order chi connectivity index (χ0) is 26.0. The molecule has 1 heterocycles. The van der Waals surface area contributed by atoms with Gasteiger partial charge in [0.05, 0.1) is 34.5 Å². The summed E-state index contributed by atoms with van der Waals surface area (Å²) in [6, 6.07) is 17.4. The van der Waals surface area contributed by atoms with E-state index in [4.69, 9.17) is 21.1 Å². The molecular weight excluding hydrogens is 480 g/mol. The number of nitrogens with one attached hydrogen (secondary N) is 1. The van der Waals surface area contributed by atoms with Crippen LogP contribution in [0.5, 0.6) is 11.5 Å². The molecule has 1 N–H and O–H groups in total. The number of para-hydroxylation sites is 2. The first-order valence-electron chi connectivity index (χ1n) is 11.3. The number of aryl methyl sites for hydroxylation is 2. The molecule has 7 nitrogen and oxygen atoms in total. The summed E-state index contributed by atoms with van der Waals surface area (Å²) >= 11 is 6.29. The van der Waals surface area contributed by atoms with Crippen molar-refractivity contribution in [1.29, 1.82) is 0 Å². The summed E-state index contributed by atoms with van der Waals surface area (Å²) in [5.74, 6) is -0.605. The van der Waals surface area contributed by atoms with Gasteiger partial charge in [-0.3, -0.25) is 14.4 Å². The summed E-state index contributed by atoms with van der Waals surface area (Å²) in [6.07, 6.45) is 0.0954. The van der Waals surface area contributed by atoms with Gasteiger partial charge in [-0.15, -0.1) is 0 Å². The van der Waals surface area contributed by atoms with E-state index in [1.807, 2.05) is 24.3 Å². The van der Waals surface area contributed by atoms with Crippen LogP contribution in [0, 0.1) is 6.92 Å². The maximum absolute atomic E-state index is 13.6. The molecule has 3 aromatic carbocycles. The SMILES string of the molecule is CCC(=O)Oc1c(NC(=O)c2c(C)cccc2Cl)cccc1-c1c(OC)c2ccccc2n(C)c1=O. The predicted octanol–water partition coefficient (Wildman–Crippen LogP) is 5.74. The number of hydrogen-bond donors (Lipinski definition) is 1. The average molecular weight is 505 g/mol. The van der Waals surface area contributed by atoms with Crippen molar-refractivity contribution in [1.82, 2.24) is 4.57 Å². The Morgan fingerprint density at radius 1 is 1.00 bits per heavy atom. The molecule has 0 atom stereocenters. The molecule has 4 aromatic rings. The first-order valence-corrected chi connectivity index (χ1v) is 11.7. The van der Waals surface area contributed by atoms with Gasteiger partial charge in [-0.05, 0) is 36.8 Å². The molecule has 0 fully saturated rings. The van der Waals surface area contributed by atoms with Crippen molar-refractivity contribution in [2.24, 2.45) is 7.05 Å². The number of nitrogens with zero attached hydrogens (tertiary/aromatic N) is 1. The number of amides is 1. The summed E-state index contributed by atoms with van der Waals surface area (Å²) in [5.41, 5.74) is 2.08. The fourth-order valence-electron chi connectivity index (χ4n) is 4.15. The number of ether oxygens (including phenoxy) is 2. The summed E-state index contributed by atoms with van der Waals surface area (Å²) in [7, 11) is 3.14. The van der Waals surface area contributed by atoms with Gasteiger partial charge in [0.2, 0.25) is 0 Å². The number of anilines is 1. The van der Waals surface area contributed by atoms with Gasteiger partial charge in [0, 0.05) is 24.4 Å². The van der Waals surface area contributed by atoms with Crippen LogP contribution < -0.4 is 20.3 Å². The van der Waals surface area contributed by atoms with E-state index in [0.29, 0.717) is 38.4 Å². The van der Waals surface area contributed by atoms with Crippen molar-refractivity contribution in [3.05, 3.63) is 87.2 Å². The van der Waals surface area contributed by atoms with Gasteiger partial charge < -0.3 is 19.4 Å². The van der Waals surface area contributed by atoms with Crippen LogP contribution in [0.2, 0.25) is 5.02 Å². The van der Waals surface area contributed by atoms with E-state index in [-0.39, 0.29) is 29.0 Å². The van der Waals surface area contributed by atoms with Crippen molar-refractivity contribution in [3.63, 3.8) is 0 Å². The van der Waals surface area contributed by atoms with Crippen molar-refractivity contribution < 1.29 is 19.1 Å². The number of carbonyl (C=O) groups is 2. The van der Waals surface area contributed by atoms with Crippen LogP contribution in [0.3, 0.4) is 0 Å². The molecule has 0 radical (unpaired) electrons. The number of halogens is 1. The van der Waals surface area contributed by atoms with Crippen LogP contribution in [-0.4, -0.2) is 23.6 Å². The minimum absolute atomic E-state index is 0.0492. The van der Waals surface area contributed by atoms with Crippen molar-refractivity contribution in [2.75, 3.05) is 12.4 Å². The molecule has 0 saturated heterocycles. The molecule has 8 heteroatoms. The van der Waals surface area contributed by atoms with Gasteiger partial charge in [0.15, 0.2) is 5.75 Å². The molecular formula is C28H25ClN2O5. The van der Waals surface area contributed by atoms with Crippen LogP contribution >= 0.6 is 11.6 Å². The molecule has 1 aromatic heterocycles. The maximum Gasteiger partial charge on any atom is 0.310 e. The summed E-state index contributed by atoms with van der Waals surface area (Å²) in [5, 5.41) is 3.81. The number of esters is 1. The number of aromatic nitrogens is 1. The zero-order valence-corrected chi connectivity index (χ0v) is 21.1. The van der Waals surface area contributed by atoms with Crippen LogP contribution in [0.4, 0.5) is 5.69 Å². The molecule has 0 saturated carbocycles. The van der Waals surface area contributed by atoms with Crippen molar-refractivity contribution in [2.45, 2.75) is 20.3 Å². The van der Waals surface area contributed by atoms with E-state index in [1.54, 1.807) is 57.3 Å². The maximum atomic E-state index is 13.6. The third kappa shape index (κ3) is 4.45. The Labute approximate surface area is 213 Å². The second-order valence-electron chi connectivity index (χ2n) is 8.19. The molecule has 0 aliphatic carbocycles. The third-order valence-electron chi connectivity index (χ3n) is 5.95. The third-order valence-corrected chi connectivity index (χ3v) is 6.26. The molecule has 36 heavy (non-hydrogen) atoms. The Bertz CT molecular complexity index is 1540. The monoisotopic (exact) mass is 504 g/mol. The van der Waals surface area contributed by atoms with E-state index < -0.39 is 11.9 Å². The highest BCUT2D eigenvalue weighted by Crippen LogP contribution is 2.42. The topological polar surface area (TPSA) is 86.6 Å². The lowest BCUT2D eigenvalue weighted by Crippen LogP contribution is -2.21. The molecule has 0 aliphatic rings. The molecule has 0 aliphatic heterocycles. The van der Waals surface area contributed by atoms with E-state index >= 15 is 0 Å². The fourth-order valence-corrected chi connectivity index (χ4v) is 4.46. The van der Waals surface area contributed by atoms with E-state index in [2.05, 4.69) is 5.32 Å². The van der Waals surface area contributed by atoms with E-state index in [9.17, 15) is 14.4 Å². The van der Waals surface area contributed by atoms with Gasteiger partial charge in [-0.2, -0.15) is 0 Å². The van der Waals surface area contributed by atoms with Gasteiger partial charge in [-0.25, -0.2) is 0 Å². The minimum atomic E-state index is -0.525. The number of benzene rings is 3. The van der Waals surface area contributed by atoms with E-state index in [0.717, 1.165) is 0 Å². The number of rotatable bonds is 6. The molecule has 184 valence electrons. The largest absolute Gasteiger partial charge is 0.495 e. The quantitative estimate of drug-likeness (QED) is 0.267. The number of hydrogen-bond acceptors (Lipinski definition) is 5. The number of fused-ring (bicyclic) bond motifs is 1. The zero-order valence-electron chi connectivity index (χ0n) is 20.3. The number of methoxy groups -OCH3 is 1. The molecule has 1 amide bonds. The Balaban J connectivity index is 1.96. The standard InChI is InChI=1S/C28H25ClN2O5/c1-5-22(32)36-25-18(24-26(35-4)17-11-6-7-15-21(17)31(3)28(24)34)12-9-14-20(25)30-27(33)23-16(2)10-8-13-19(23)29/h6-15H,5H2,1-4H3,(H,30,33). The lowest BCUT2D eigenvalue weighted by atomic mass is 10.0. The van der Waals surface area contributed by atoms with Crippen molar-refractivity contribution >= 4 is 40.1 Å². The van der Waals surface area contributed by atoms with Crippen LogP contribution in [0.1, 0.15) is 29.3 Å². The second-order valence-corrected chi connectivity index (χ2v) is 8.59. The average Bonchev–Trinajstić information content (AvgIpc) is 2.87. The Hall–Kier alpha value is -4.10. The molecule has 4 rings (SSSR count). The highest BCUT2D eigenvalue weighted by atomic mass is 35.5. The Morgan fingerprint density at radius 3 is 2.42 bits per heavy atom. The molecule has 0 spiro atoms. The predicted molar refractivity (Wildman–Crippen MR) is 141 cm³/mol. The first kappa shape index (κ1) is 25.0. The van der Waals surface area contributed by atoms with E-state index in [1.165, 1.54) is 11.7 Å². The lowest BCUT2D eigenvalue weighted by molar-refractivity contribution is -0.133. The summed E-state index contributed by atoms with van der Waals surface area (Å²) in [6.45, 7) is 3.44. The van der Waals surface area contributed by atoms with Crippen molar-refractivity contribution in [3.8, 4) is 22.6 Å². The first-order chi connectivity index (χ1) is 17.3. The summed E-state index contributed by atoms with van der Waals surface area (Å²) < 4.78 is 12.9. The normalized spacial score (nSPS) is 10.8. The highest BCUT2D eigenvalue weighted by molar-refractivity contribution is 6.34. The van der Waals surface area contributed by atoms with Gasteiger partial charge >= 0.3 is 5.97 Å². The van der Waals surface area contributed by atoms with Crippen LogP contribution in [0.25, 0.3) is 22.0 Å². The molecule has 0 unspecified atom stereocenters. The Morgan fingerprint density at radius 2 is 1.72 bits per heavy atom. The highest BCUT2D eigenvalue weighted by Gasteiger charge is 2.25. The van der Waals surface area contributed by atoms with Gasteiger partial charge in [0.1, 0.15) is 5.75 Å². The fraction of sp³-hybridized carbons (Fsp3) is 0.179. The second kappa shape index (κ2) is 10.3. The van der Waals surface area contributed by atoms with Gasteiger partial charge in [0.25, 0.3) is 11.5 Å². The van der Waals surface area contributed by atoms with Crippen LogP contribution in [0.15, 0.2) is 65.5 Å². The minimum Gasteiger partial charge on any atom is -0.495 e. The Kier molecular flexibility index (Phi) is 7.12. The smallest absolute Gasteiger partial charge is 0.310 e. The lowest BCUT2D eigenvalue weighted by Gasteiger charge is -2.19. The summed E-state index contributed by atoms with van der Waals surface area (Å²) in [4.78, 5) is 39.2.